The number of benzene rings is 1. The molecule has 168 valence electrons. The SMILES string of the molecule is Cc1cc([C@@H]2[C@@H](c3ccccn3)NC(=S)N2CCCN(C)C)c(C)n1-c1ccccc1Br. The second-order valence-corrected chi connectivity index (χ2v) is 9.83. The van der Waals surface area contributed by atoms with Gasteiger partial charge in [0.15, 0.2) is 5.11 Å². The molecule has 0 saturated carbocycles. The molecule has 1 saturated heterocycles. The molecule has 1 N–H and O–H groups in total. The summed E-state index contributed by atoms with van der Waals surface area (Å²) in [5, 5.41) is 4.38. The average Bonchev–Trinajstić information content (AvgIpc) is 3.24. The highest BCUT2D eigenvalue weighted by Gasteiger charge is 2.41. The van der Waals surface area contributed by atoms with Crippen LogP contribution in [0.1, 0.15) is 41.1 Å². The number of thiocarbonyl (C=S) groups is 1. The Hall–Kier alpha value is -2.22. The molecule has 0 amide bonds. The third kappa shape index (κ3) is 4.47. The summed E-state index contributed by atoms with van der Waals surface area (Å²) in [6.45, 7) is 6.30. The monoisotopic (exact) mass is 511 g/mol. The summed E-state index contributed by atoms with van der Waals surface area (Å²) in [5.74, 6) is 0. The van der Waals surface area contributed by atoms with Crippen molar-refractivity contribution in [2.75, 3.05) is 27.2 Å². The fourth-order valence-corrected chi connectivity index (χ4v) is 5.43. The predicted octanol–water partition coefficient (Wildman–Crippen LogP) is 5.18. The van der Waals surface area contributed by atoms with Gasteiger partial charge in [-0.3, -0.25) is 4.98 Å². The molecule has 0 spiro atoms. The first kappa shape index (κ1) is 23.0. The normalized spacial score (nSPS) is 18.4. The van der Waals surface area contributed by atoms with E-state index in [1.165, 1.54) is 17.0 Å². The molecule has 1 aliphatic rings. The largest absolute Gasteiger partial charge is 0.352 e. The number of nitrogens with zero attached hydrogens (tertiary/aromatic N) is 4. The van der Waals surface area contributed by atoms with Crippen LogP contribution in [0.25, 0.3) is 5.69 Å². The molecule has 7 heteroatoms. The van der Waals surface area contributed by atoms with Gasteiger partial charge in [0.25, 0.3) is 0 Å². The maximum absolute atomic E-state index is 5.83. The molecule has 0 radical (unpaired) electrons. The van der Waals surface area contributed by atoms with Gasteiger partial charge in [-0.1, -0.05) is 18.2 Å². The smallest absolute Gasteiger partial charge is 0.170 e. The summed E-state index contributed by atoms with van der Waals surface area (Å²) in [5.41, 5.74) is 5.88. The molecule has 32 heavy (non-hydrogen) atoms. The van der Waals surface area contributed by atoms with Crippen LogP contribution in [0.15, 0.2) is 59.2 Å². The predicted molar refractivity (Wildman–Crippen MR) is 138 cm³/mol. The summed E-state index contributed by atoms with van der Waals surface area (Å²) < 4.78 is 3.41. The van der Waals surface area contributed by atoms with Crippen molar-refractivity contribution in [1.29, 1.82) is 0 Å². The summed E-state index contributed by atoms with van der Waals surface area (Å²) in [7, 11) is 4.22. The van der Waals surface area contributed by atoms with Crippen molar-refractivity contribution in [2.24, 2.45) is 0 Å². The molecular weight excluding hydrogens is 482 g/mol. The van der Waals surface area contributed by atoms with Crippen molar-refractivity contribution in [1.82, 2.24) is 24.7 Å². The zero-order valence-electron chi connectivity index (χ0n) is 19.0. The van der Waals surface area contributed by atoms with Crippen molar-refractivity contribution < 1.29 is 0 Å². The Labute approximate surface area is 204 Å². The van der Waals surface area contributed by atoms with Crippen molar-refractivity contribution in [2.45, 2.75) is 32.4 Å². The Bertz CT molecular complexity index is 1090. The van der Waals surface area contributed by atoms with Crippen molar-refractivity contribution in [3.8, 4) is 5.69 Å². The van der Waals surface area contributed by atoms with Crippen LogP contribution < -0.4 is 5.32 Å². The lowest BCUT2D eigenvalue weighted by Gasteiger charge is -2.28. The number of nitrogens with one attached hydrogen (secondary N) is 1. The van der Waals surface area contributed by atoms with Gasteiger partial charge in [0.1, 0.15) is 0 Å². The van der Waals surface area contributed by atoms with Gasteiger partial charge in [-0.25, -0.2) is 0 Å². The zero-order chi connectivity index (χ0) is 22.8. The minimum absolute atomic E-state index is 0.0104. The van der Waals surface area contributed by atoms with E-state index < -0.39 is 0 Å². The molecule has 1 fully saturated rings. The highest BCUT2D eigenvalue weighted by Crippen LogP contribution is 2.41. The average molecular weight is 513 g/mol. The highest BCUT2D eigenvalue weighted by atomic mass is 79.9. The van der Waals surface area contributed by atoms with Crippen LogP contribution in [0.2, 0.25) is 0 Å². The molecule has 2 aromatic heterocycles. The number of aryl methyl sites for hydroxylation is 1. The number of para-hydroxylation sites is 1. The lowest BCUT2D eigenvalue weighted by atomic mass is 9.96. The van der Waals surface area contributed by atoms with Crippen LogP contribution in [0, 0.1) is 13.8 Å². The Morgan fingerprint density at radius 3 is 2.56 bits per heavy atom. The maximum Gasteiger partial charge on any atom is 0.170 e. The van der Waals surface area contributed by atoms with E-state index in [1.807, 2.05) is 24.4 Å². The number of pyridine rings is 1. The number of hydrogen-bond donors (Lipinski definition) is 1. The minimum atomic E-state index is 0.0104. The fourth-order valence-electron chi connectivity index (χ4n) is 4.63. The molecule has 2 atom stereocenters. The molecule has 1 aromatic carbocycles. The Balaban J connectivity index is 1.78. The van der Waals surface area contributed by atoms with E-state index in [-0.39, 0.29) is 12.1 Å². The van der Waals surface area contributed by atoms with E-state index in [0.717, 1.165) is 40.5 Å². The summed E-state index contributed by atoms with van der Waals surface area (Å²) >= 11 is 9.56. The number of halogens is 1. The maximum atomic E-state index is 5.83. The van der Waals surface area contributed by atoms with Crippen LogP contribution in [0.5, 0.6) is 0 Å². The van der Waals surface area contributed by atoms with Gasteiger partial charge in [-0.15, -0.1) is 0 Å². The molecule has 0 unspecified atom stereocenters. The van der Waals surface area contributed by atoms with Gasteiger partial charge in [-0.05, 0) is 105 Å². The van der Waals surface area contributed by atoms with Gasteiger partial charge < -0.3 is 19.7 Å². The lowest BCUT2D eigenvalue weighted by Crippen LogP contribution is -2.32. The Morgan fingerprint density at radius 2 is 1.88 bits per heavy atom. The lowest BCUT2D eigenvalue weighted by molar-refractivity contribution is 0.292. The zero-order valence-corrected chi connectivity index (χ0v) is 21.4. The van der Waals surface area contributed by atoms with Crippen LogP contribution >= 0.6 is 28.1 Å². The van der Waals surface area contributed by atoms with Crippen molar-refractivity contribution in [3.63, 3.8) is 0 Å². The van der Waals surface area contributed by atoms with E-state index in [0.29, 0.717) is 0 Å². The summed E-state index contributed by atoms with van der Waals surface area (Å²) in [4.78, 5) is 9.24. The van der Waals surface area contributed by atoms with Crippen LogP contribution in [0.4, 0.5) is 0 Å². The molecule has 4 rings (SSSR count). The molecule has 1 aliphatic heterocycles. The Kier molecular flexibility index (Phi) is 6.98. The van der Waals surface area contributed by atoms with E-state index >= 15 is 0 Å². The molecule has 5 nitrogen and oxygen atoms in total. The standard InChI is InChI=1S/C25H30BrN5S/c1-17-16-19(18(2)31(17)22-12-6-5-10-20(22)26)24-23(21-11-7-8-13-27-21)28-25(32)30(24)15-9-14-29(3)4/h5-8,10-13,16,23-24H,9,14-15H2,1-4H3,(H,28,32)/t23-,24-/m1/s1. The van der Waals surface area contributed by atoms with Crippen LogP contribution in [0.3, 0.4) is 0 Å². The highest BCUT2D eigenvalue weighted by molar-refractivity contribution is 9.10. The first-order valence-electron chi connectivity index (χ1n) is 10.9. The van der Waals surface area contributed by atoms with Crippen LogP contribution in [-0.2, 0) is 0 Å². The first-order valence-corrected chi connectivity index (χ1v) is 12.1. The molecular formula is C25H30BrN5S. The minimum Gasteiger partial charge on any atom is -0.352 e. The van der Waals surface area contributed by atoms with Crippen molar-refractivity contribution >= 4 is 33.3 Å². The molecule has 0 bridgehead atoms. The van der Waals surface area contributed by atoms with Gasteiger partial charge in [-0.2, -0.15) is 0 Å². The number of hydrogen-bond acceptors (Lipinski definition) is 3. The van der Waals surface area contributed by atoms with E-state index in [1.54, 1.807) is 0 Å². The molecule has 3 aromatic rings. The summed E-state index contributed by atoms with van der Waals surface area (Å²) in [6.07, 6.45) is 2.90. The summed E-state index contributed by atoms with van der Waals surface area (Å²) in [6, 6.07) is 16.9. The van der Waals surface area contributed by atoms with Gasteiger partial charge in [0.05, 0.1) is 23.5 Å². The second kappa shape index (κ2) is 9.73. The Morgan fingerprint density at radius 1 is 1.12 bits per heavy atom. The molecule has 3 heterocycles. The van der Waals surface area contributed by atoms with E-state index in [4.69, 9.17) is 12.2 Å². The van der Waals surface area contributed by atoms with Crippen LogP contribution in [-0.4, -0.2) is 51.6 Å². The van der Waals surface area contributed by atoms with E-state index in [2.05, 4.69) is 98.9 Å². The van der Waals surface area contributed by atoms with Gasteiger partial charge in [0, 0.05) is 28.6 Å². The molecule has 0 aliphatic carbocycles. The number of rotatable bonds is 7. The van der Waals surface area contributed by atoms with Gasteiger partial charge >= 0.3 is 0 Å². The quantitative estimate of drug-likeness (QED) is 0.442. The third-order valence-corrected chi connectivity index (χ3v) is 7.11. The first-order chi connectivity index (χ1) is 15.4. The second-order valence-electron chi connectivity index (χ2n) is 8.59. The van der Waals surface area contributed by atoms with Gasteiger partial charge in [0.2, 0.25) is 0 Å². The third-order valence-electron chi connectivity index (χ3n) is 6.08. The fraction of sp³-hybridized carbons (Fsp3) is 0.360. The number of aromatic nitrogens is 2. The topological polar surface area (TPSA) is 36.3 Å². The van der Waals surface area contributed by atoms with E-state index in [9.17, 15) is 0 Å². The van der Waals surface area contributed by atoms with Crippen molar-refractivity contribution in [3.05, 3.63) is 81.8 Å².